The Bertz CT molecular complexity index is 1400. The van der Waals surface area contributed by atoms with Gasteiger partial charge in [-0.15, -0.1) is 0 Å². The highest BCUT2D eigenvalue weighted by molar-refractivity contribution is 5.86. The highest BCUT2D eigenvalue weighted by Gasteiger charge is 2.34. The Hall–Kier alpha value is -4.27. The number of carbonyl (C=O) groups is 3. The van der Waals surface area contributed by atoms with Gasteiger partial charge < -0.3 is 23.9 Å². The van der Waals surface area contributed by atoms with Crippen LogP contribution in [-0.4, -0.2) is 54.0 Å². The van der Waals surface area contributed by atoms with Crippen LogP contribution in [0.3, 0.4) is 0 Å². The van der Waals surface area contributed by atoms with Gasteiger partial charge in [0.05, 0.1) is 13.2 Å². The SMILES string of the molecule is CCOC(=O)c1ccc(CN(C(=O)OCC2c3ccccc3-c3ccccc32)C2CCC(NC(=O)OC(C)(C)C)CC2)o1. The standard InChI is InChI=1S/C34H40N2O7/c1-5-40-31(37)30-19-18-24(42-30)20-36(23-16-14-22(15-17-23)35-32(38)43-34(2,3)4)33(39)41-21-29-27-12-8-6-10-25(27)26-11-7-9-13-28(26)29/h6-13,18-19,22-23,29H,5,14-17,20-21H2,1-4H3,(H,35,38). The van der Waals surface area contributed by atoms with E-state index in [2.05, 4.69) is 29.6 Å². The average molecular weight is 589 g/mol. The van der Waals surface area contributed by atoms with Crippen molar-refractivity contribution in [2.75, 3.05) is 13.2 Å². The topological polar surface area (TPSA) is 107 Å². The Labute approximate surface area is 252 Å². The molecule has 9 heteroatoms. The van der Waals surface area contributed by atoms with E-state index in [1.54, 1.807) is 24.0 Å². The van der Waals surface area contributed by atoms with Gasteiger partial charge in [-0.25, -0.2) is 14.4 Å². The molecule has 0 aliphatic heterocycles. The molecule has 0 bridgehead atoms. The van der Waals surface area contributed by atoms with Gasteiger partial charge in [0, 0.05) is 18.0 Å². The van der Waals surface area contributed by atoms with Crippen molar-refractivity contribution >= 4 is 18.2 Å². The van der Waals surface area contributed by atoms with Gasteiger partial charge in [0.15, 0.2) is 0 Å². The van der Waals surface area contributed by atoms with Gasteiger partial charge in [0.2, 0.25) is 5.76 Å². The lowest BCUT2D eigenvalue weighted by molar-refractivity contribution is 0.0438. The summed E-state index contributed by atoms with van der Waals surface area (Å²) in [5.41, 5.74) is 4.03. The van der Waals surface area contributed by atoms with Crippen LogP contribution in [0.1, 0.15) is 86.7 Å². The number of carbonyl (C=O) groups excluding carboxylic acids is 3. The van der Waals surface area contributed by atoms with Gasteiger partial charge in [-0.1, -0.05) is 48.5 Å². The van der Waals surface area contributed by atoms with Gasteiger partial charge in [-0.05, 0) is 87.8 Å². The Morgan fingerprint density at radius 1 is 0.884 bits per heavy atom. The first-order valence-corrected chi connectivity index (χ1v) is 15.0. The number of rotatable bonds is 8. The molecule has 0 saturated heterocycles. The predicted octanol–water partition coefficient (Wildman–Crippen LogP) is 7.04. The summed E-state index contributed by atoms with van der Waals surface area (Å²) >= 11 is 0. The molecule has 0 radical (unpaired) electrons. The lowest BCUT2D eigenvalue weighted by Crippen LogP contribution is -2.47. The molecule has 43 heavy (non-hydrogen) atoms. The quantitative estimate of drug-likeness (QED) is 0.222. The van der Waals surface area contributed by atoms with Crippen LogP contribution in [-0.2, 0) is 20.8 Å². The van der Waals surface area contributed by atoms with E-state index in [0.717, 1.165) is 22.3 Å². The van der Waals surface area contributed by atoms with Crippen molar-refractivity contribution < 1.29 is 33.0 Å². The van der Waals surface area contributed by atoms with Crippen LogP contribution in [0.2, 0.25) is 0 Å². The Balaban J connectivity index is 1.29. The smallest absolute Gasteiger partial charge is 0.410 e. The lowest BCUT2D eigenvalue weighted by atomic mass is 9.90. The molecule has 1 aromatic heterocycles. The molecule has 3 aromatic rings. The van der Waals surface area contributed by atoms with E-state index in [0.29, 0.717) is 31.4 Å². The summed E-state index contributed by atoms with van der Waals surface area (Å²) in [5, 5.41) is 2.96. The van der Waals surface area contributed by atoms with Crippen molar-refractivity contribution in [1.29, 1.82) is 0 Å². The number of benzene rings is 2. The largest absolute Gasteiger partial charge is 0.460 e. The summed E-state index contributed by atoms with van der Waals surface area (Å²) < 4.78 is 22.3. The molecule has 2 amide bonds. The number of furan rings is 1. The van der Waals surface area contributed by atoms with Crippen molar-refractivity contribution in [3.8, 4) is 11.1 Å². The first-order valence-electron chi connectivity index (χ1n) is 15.0. The number of nitrogens with zero attached hydrogens (tertiary/aromatic N) is 1. The number of alkyl carbamates (subject to hydrolysis) is 1. The Kier molecular flexibility index (Phi) is 9.08. The zero-order valence-corrected chi connectivity index (χ0v) is 25.3. The molecule has 0 unspecified atom stereocenters. The zero-order chi connectivity index (χ0) is 30.6. The minimum Gasteiger partial charge on any atom is -0.460 e. The number of hydrogen-bond donors (Lipinski definition) is 1. The van der Waals surface area contributed by atoms with Crippen molar-refractivity contribution in [2.24, 2.45) is 0 Å². The molecule has 228 valence electrons. The summed E-state index contributed by atoms with van der Waals surface area (Å²) in [6, 6.07) is 19.5. The molecule has 2 aliphatic rings. The molecular weight excluding hydrogens is 548 g/mol. The summed E-state index contributed by atoms with van der Waals surface area (Å²) in [6.07, 6.45) is 1.81. The van der Waals surface area contributed by atoms with E-state index < -0.39 is 23.8 Å². The number of nitrogens with one attached hydrogen (secondary N) is 1. The van der Waals surface area contributed by atoms with Crippen LogP contribution in [0.15, 0.2) is 65.1 Å². The third kappa shape index (κ3) is 7.21. The molecule has 5 rings (SSSR count). The second-order valence-electron chi connectivity index (χ2n) is 12.1. The molecule has 1 fully saturated rings. The molecule has 0 spiro atoms. The third-order valence-electron chi connectivity index (χ3n) is 7.89. The molecule has 9 nitrogen and oxygen atoms in total. The number of ether oxygens (including phenoxy) is 3. The van der Waals surface area contributed by atoms with Crippen LogP contribution in [0.4, 0.5) is 9.59 Å². The van der Waals surface area contributed by atoms with Crippen LogP contribution < -0.4 is 5.32 Å². The summed E-state index contributed by atoms with van der Waals surface area (Å²) in [4.78, 5) is 39.9. The molecule has 2 aromatic carbocycles. The summed E-state index contributed by atoms with van der Waals surface area (Å²) in [5.74, 6) is -0.0543. The second kappa shape index (κ2) is 12.9. The maximum atomic E-state index is 13.8. The van der Waals surface area contributed by atoms with E-state index in [9.17, 15) is 14.4 Å². The monoisotopic (exact) mass is 588 g/mol. The molecular formula is C34H40N2O7. The minimum absolute atomic E-state index is 0.0468. The Morgan fingerprint density at radius 3 is 2.12 bits per heavy atom. The maximum absolute atomic E-state index is 13.8. The van der Waals surface area contributed by atoms with Crippen LogP contribution >= 0.6 is 0 Å². The lowest BCUT2D eigenvalue weighted by Gasteiger charge is -2.36. The van der Waals surface area contributed by atoms with Gasteiger partial charge in [-0.3, -0.25) is 4.90 Å². The molecule has 1 heterocycles. The van der Waals surface area contributed by atoms with E-state index in [1.807, 2.05) is 45.0 Å². The second-order valence-corrected chi connectivity index (χ2v) is 12.1. The first-order chi connectivity index (χ1) is 20.6. The summed E-state index contributed by atoms with van der Waals surface area (Å²) in [6.45, 7) is 7.80. The van der Waals surface area contributed by atoms with Gasteiger partial charge in [0.25, 0.3) is 0 Å². The highest BCUT2D eigenvalue weighted by atomic mass is 16.6. The number of hydrogen-bond acceptors (Lipinski definition) is 7. The molecule has 0 atom stereocenters. The third-order valence-corrected chi connectivity index (χ3v) is 7.89. The van der Waals surface area contributed by atoms with Crippen molar-refractivity contribution in [2.45, 2.75) is 83.5 Å². The molecule has 1 saturated carbocycles. The van der Waals surface area contributed by atoms with Gasteiger partial charge in [0.1, 0.15) is 18.0 Å². The van der Waals surface area contributed by atoms with Crippen molar-refractivity contribution in [3.05, 3.63) is 83.3 Å². The number of amides is 2. The zero-order valence-electron chi connectivity index (χ0n) is 25.3. The number of fused-ring (bicyclic) bond motifs is 3. The first kappa shape index (κ1) is 30.2. The van der Waals surface area contributed by atoms with Crippen LogP contribution in [0.25, 0.3) is 11.1 Å². The van der Waals surface area contributed by atoms with Gasteiger partial charge >= 0.3 is 18.2 Å². The normalized spacial score (nSPS) is 17.9. The Morgan fingerprint density at radius 2 is 1.51 bits per heavy atom. The fourth-order valence-electron chi connectivity index (χ4n) is 5.97. The maximum Gasteiger partial charge on any atom is 0.410 e. The summed E-state index contributed by atoms with van der Waals surface area (Å²) in [7, 11) is 0. The van der Waals surface area contributed by atoms with E-state index >= 15 is 0 Å². The van der Waals surface area contributed by atoms with Crippen molar-refractivity contribution in [3.63, 3.8) is 0 Å². The van der Waals surface area contributed by atoms with Crippen molar-refractivity contribution in [1.82, 2.24) is 10.2 Å². The number of esters is 1. The van der Waals surface area contributed by atoms with Crippen LogP contribution in [0.5, 0.6) is 0 Å². The average Bonchev–Trinajstić information content (AvgIpc) is 3.57. The van der Waals surface area contributed by atoms with E-state index in [4.69, 9.17) is 18.6 Å². The van der Waals surface area contributed by atoms with E-state index in [-0.39, 0.29) is 43.5 Å². The van der Waals surface area contributed by atoms with Gasteiger partial charge in [-0.2, -0.15) is 0 Å². The van der Waals surface area contributed by atoms with Crippen LogP contribution in [0, 0.1) is 0 Å². The fraction of sp³-hybridized carbons (Fsp3) is 0.441. The minimum atomic E-state index is -0.576. The highest BCUT2D eigenvalue weighted by Crippen LogP contribution is 2.44. The predicted molar refractivity (Wildman–Crippen MR) is 161 cm³/mol. The van der Waals surface area contributed by atoms with E-state index in [1.165, 1.54) is 0 Å². The molecule has 2 aliphatic carbocycles. The fourth-order valence-corrected chi connectivity index (χ4v) is 5.97. The molecule has 1 N–H and O–H groups in total.